The minimum Gasteiger partial charge on any atom is -0.314 e. The molecule has 0 amide bonds. The van der Waals surface area contributed by atoms with Crippen LogP contribution in [0.25, 0.3) is 0 Å². The molecule has 2 atom stereocenters. The normalized spacial score (nSPS) is 31.2. The second kappa shape index (κ2) is 6.72. The van der Waals surface area contributed by atoms with Gasteiger partial charge in [-0.05, 0) is 32.2 Å². The number of rotatable bonds is 5. The number of hydrogen-bond acceptors (Lipinski definition) is 3. The summed E-state index contributed by atoms with van der Waals surface area (Å²) >= 11 is 0. The van der Waals surface area contributed by atoms with Crippen molar-refractivity contribution in [2.45, 2.75) is 38.6 Å². The average Bonchev–Trinajstić information content (AvgIpc) is 2.86. The fraction of sp³-hybridized carbons (Fsp3) is 1.00. The summed E-state index contributed by atoms with van der Waals surface area (Å²) in [5.74, 6) is 1.00. The van der Waals surface area contributed by atoms with Crippen LogP contribution in [0.5, 0.6) is 0 Å². The number of piperazine rings is 1. The lowest BCUT2D eigenvalue weighted by Gasteiger charge is -2.31. The van der Waals surface area contributed by atoms with E-state index in [-0.39, 0.29) is 0 Å². The van der Waals surface area contributed by atoms with Crippen LogP contribution < -0.4 is 5.32 Å². The molecule has 0 bridgehead atoms. The van der Waals surface area contributed by atoms with Gasteiger partial charge in [-0.2, -0.15) is 0 Å². The second-order valence-electron chi connectivity index (χ2n) is 5.81. The highest BCUT2D eigenvalue weighted by atomic mass is 15.2. The molecule has 1 aliphatic carbocycles. The molecule has 2 fully saturated rings. The molecule has 2 aliphatic rings. The first-order valence-electron chi connectivity index (χ1n) is 7.43. The number of nitrogens with zero attached hydrogens (tertiary/aromatic N) is 2. The smallest absolute Gasteiger partial charge is 0.0110 e. The van der Waals surface area contributed by atoms with E-state index in [9.17, 15) is 0 Å². The van der Waals surface area contributed by atoms with Crippen molar-refractivity contribution in [2.75, 3.05) is 46.3 Å². The summed E-state index contributed by atoms with van der Waals surface area (Å²) < 4.78 is 0. The molecule has 1 saturated carbocycles. The van der Waals surface area contributed by atoms with Crippen molar-refractivity contribution in [2.24, 2.45) is 5.92 Å². The molecule has 100 valence electrons. The molecule has 17 heavy (non-hydrogen) atoms. The molecule has 1 aliphatic heterocycles. The molecule has 3 nitrogen and oxygen atoms in total. The maximum Gasteiger partial charge on any atom is 0.0110 e. The van der Waals surface area contributed by atoms with Crippen molar-refractivity contribution < 1.29 is 0 Å². The molecular formula is C14H29N3. The lowest BCUT2D eigenvalue weighted by molar-refractivity contribution is 0.175. The fourth-order valence-corrected chi connectivity index (χ4v) is 3.24. The molecule has 0 aromatic carbocycles. The Balaban J connectivity index is 1.64. The van der Waals surface area contributed by atoms with Gasteiger partial charge in [0, 0.05) is 45.3 Å². The van der Waals surface area contributed by atoms with Crippen molar-refractivity contribution in [3.8, 4) is 0 Å². The molecule has 1 saturated heterocycles. The van der Waals surface area contributed by atoms with E-state index in [2.05, 4.69) is 29.1 Å². The van der Waals surface area contributed by atoms with Crippen molar-refractivity contribution in [1.29, 1.82) is 0 Å². The first-order chi connectivity index (χ1) is 8.29. The third kappa shape index (κ3) is 3.94. The molecule has 0 radical (unpaired) electrons. The molecule has 2 unspecified atom stereocenters. The van der Waals surface area contributed by atoms with Gasteiger partial charge < -0.3 is 10.2 Å². The Labute approximate surface area is 107 Å². The van der Waals surface area contributed by atoms with Gasteiger partial charge in [-0.15, -0.1) is 0 Å². The molecule has 2 rings (SSSR count). The van der Waals surface area contributed by atoms with Crippen molar-refractivity contribution >= 4 is 0 Å². The van der Waals surface area contributed by atoms with Gasteiger partial charge in [0.1, 0.15) is 0 Å². The van der Waals surface area contributed by atoms with Crippen LogP contribution in [0, 0.1) is 5.92 Å². The van der Waals surface area contributed by atoms with E-state index >= 15 is 0 Å². The molecule has 0 aromatic heterocycles. The van der Waals surface area contributed by atoms with Crippen molar-refractivity contribution in [1.82, 2.24) is 15.1 Å². The van der Waals surface area contributed by atoms with Crippen LogP contribution in [0.2, 0.25) is 0 Å². The largest absolute Gasteiger partial charge is 0.314 e. The summed E-state index contributed by atoms with van der Waals surface area (Å²) in [7, 11) is 2.32. The Bertz CT molecular complexity index is 214. The predicted molar refractivity (Wildman–Crippen MR) is 73.4 cm³/mol. The zero-order valence-electron chi connectivity index (χ0n) is 11.6. The summed E-state index contributed by atoms with van der Waals surface area (Å²) in [6.45, 7) is 9.66. The highest BCUT2D eigenvalue weighted by molar-refractivity contribution is 4.81. The Kier molecular flexibility index (Phi) is 5.26. The predicted octanol–water partition coefficient (Wildman–Crippen LogP) is 1.40. The van der Waals surface area contributed by atoms with Gasteiger partial charge in [0.2, 0.25) is 0 Å². The van der Waals surface area contributed by atoms with E-state index in [1.54, 1.807) is 0 Å². The van der Waals surface area contributed by atoms with Gasteiger partial charge in [0.25, 0.3) is 0 Å². The zero-order chi connectivity index (χ0) is 12.1. The van der Waals surface area contributed by atoms with E-state index < -0.39 is 0 Å². The maximum absolute atomic E-state index is 3.42. The molecular weight excluding hydrogens is 210 g/mol. The Morgan fingerprint density at radius 3 is 2.65 bits per heavy atom. The van der Waals surface area contributed by atoms with Crippen LogP contribution in [0.15, 0.2) is 0 Å². The molecule has 3 heteroatoms. The summed E-state index contributed by atoms with van der Waals surface area (Å²) in [6, 6.07) is 0.864. The van der Waals surface area contributed by atoms with Crippen LogP contribution in [-0.4, -0.2) is 62.2 Å². The third-order valence-corrected chi connectivity index (χ3v) is 4.69. The van der Waals surface area contributed by atoms with Crippen LogP contribution in [-0.2, 0) is 0 Å². The van der Waals surface area contributed by atoms with Gasteiger partial charge in [-0.3, -0.25) is 4.90 Å². The van der Waals surface area contributed by atoms with Gasteiger partial charge in [0.05, 0.1) is 0 Å². The maximum atomic E-state index is 3.42. The first kappa shape index (κ1) is 13.3. The minimum atomic E-state index is 0.864. The third-order valence-electron chi connectivity index (χ3n) is 4.69. The summed E-state index contributed by atoms with van der Waals surface area (Å²) in [5.41, 5.74) is 0. The summed E-state index contributed by atoms with van der Waals surface area (Å²) in [6.07, 6.45) is 5.70. The van der Waals surface area contributed by atoms with E-state index in [1.807, 2.05) is 0 Å². The van der Waals surface area contributed by atoms with Gasteiger partial charge >= 0.3 is 0 Å². The van der Waals surface area contributed by atoms with Crippen molar-refractivity contribution in [3.05, 3.63) is 0 Å². The van der Waals surface area contributed by atoms with E-state index in [0.29, 0.717) is 0 Å². The van der Waals surface area contributed by atoms with Crippen LogP contribution >= 0.6 is 0 Å². The summed E-state index contributed by atoms with van der Waals surface area (Å²) in [4.78, 5) is 5.21. The molecule has 1 N–H and O–H groups in total. The summed E-state index contributed by atoms with van der Waals surface area (Å²) in [5, 5.41) is 3.42. The van der Waals surface area contributed by atoms with E-state index in [4.69, 9.17) is 0 Å². The van der Waals surface area contributed by atoms with E-state index in [0.717, 1.165) is 12.0 Å². The topological polar surface area (TPSA) is 18.5 Å². The van der Waals surface area contributed by atoms with Crippen molar-refractivity contribution in [3.63, 3.8) is 0 Å². The molecule has 0 aromatic rings. The van der Waals surface area contributed by atoms with Gasteiger partial charge in [0.15, 0.2) is 0 Å². The minimum absolute atomic E-state index is 0.864. The quantitative estimate of drug-likeness (QED) is 0.782. The standard InChI is InChI=1S/C14H29N3/c1-3-13-4-5-14(12-13)16(2)10-11-17-8-6-15-7-9-17/h13-15H,3-12H2,1-2H3. The first-order valence-corrected chi connectivity index (χ1v) is 7.43. The Morgan fingerprint density at radius 1 is 1.24 bits per heavy atom. The molecule has 0 spiro atoms. The Hall–Kier alpha value is -0.120. The van der Waals surface area contributed by atoms with Crippen LogP contribution in [0.3, 0.4) is 0 Å². The zero-order valence-corrected chi connectivity index (χ0v) is 11.6. The number of nitrogens with one attached hydrogen (secondary N) is 1. The fourth-order valence-electron chi connectivity index (χ4n) is 3.24. The molecule has 1 heterocycles. The Morgan fingerprint density at radius 2 is 2.00 bits per heavy atom. The number of hydrogen-bond donors (Lipinski definition) is 1. The second-order valence-corrected chi connectivity index (χ2v) is 5.81. The van der Waals surface area contributed by atoms with Crippen LogP contribution in [0.1, 0.15) is 32.6 Å². The lowest BCUT2D eigenvalue weighted by Crippen LogP contribution is -2.46. The SMILES string of the molecule is CCC1CCC(N(C)CCN2CCNCC2)C1. The highest BCUT2D eigenvalue weighted by Crippen LogP contribution is 2.30. The van der Waals surface area contributed by atoms with E-state index in [1.165, 1.54) is 65.0 Å². The van der Waals surface area contributed by atoms with Gasteiger partial charge in [-0.25, -0.2) is 0 Å². The average molecular weight is 239 g/mol. The monoisotopic (exact) mass is 239 g/mol. The lowest BCUT2D eigenvalue weighted by atomic mass is 10.1. The number of likely N-dealkylation sites (N-methyl/N-ethyl adjacent to an activating group) is 1. The van der Waals surface area contributed by atoms with Crippen LogP contribution in [0.4, 0.5) is 0 Å². The van der Waals surface area contributed by atoms with Gasteiger partial charge in [-0.1, -0.05) is 13.3 Å². The highest BCUT2D eigenvalue weighted by Gasteiger charge is 2.26.